The first-order valence-electron chi connectivity index (χ1n) is 7.46. The quantitative estimate of drug-likeness (QED) is 0.939. The number of aromatic nitrogens is 3. The van der Waals surface area contributed by atoms with E-state index in [-0.39, 0.29) is 6.61 Å². The van der Waals surface area contributed by atoms with Gasteiger partial charge in [-0.1, -0.05) is 6.42 Å². The van der Waals surface area contributed by atoms with Crippen LogP contribution in [0.1, 0.15) is 31.7 Å². The summed E-state index contributed by atoms with van der Waals surface area (Å²) in [5.41, 5.74) is 0.993. The van der Waals surface area contributed by atoms with Crippen LogP contribution in [-0.4, -0.2) is 33.4 Å². The molecule has 3 rings (SSSR count). The van der Waals surface area contributed by atoms with E-state index >= 15 is 0 Å². The fraction of sp³-hybridized carbons (Fsp3) is 0.500. The number of nitrogens with zero attached hydrogens (tertiary/aromatic N) is 3. The van der Waals surface area contributed by atoms with E-state index in [9.17, 15) is 5.11 Å². The first kappa shape index (κ1) is 14.1. The molecule has 1 N–H and O–H groups in total. The Kier molecular flexibility index (Phi) is 4.20. The molecule has 0 amide bonds. The fourth-order valence-corrected chi connectivity index (χ4v) is 3.15. The summed E-state index contributed by atoms with van der Waals surface area (Å²) in [4.78, 5) is 8.74. The van der Waals surface area contributed by atoms with E-state index in [2.05, 4.69) is 14.5 Å². The summed E-state index contributed by atoms with van der Waals surface area (Å²) in [6.45, 7) is 0.282. The molecule has 5 heteroatoms. The van der Waals surface area contributed by atoms with E-state index < -0.39 is 0 Å². The van der Waals surface area contributed by atoms with Crippen molar-refractivity contribution in [1.82, 2.24) is 14.5 Å². The summed E-state index contributed by atoms with van der Waals surface area (Å²) in [7, 11) is 1.61. The molecule has 2 aromatic heterocycles. The van der Waals surface area contributed by atoms with Gasteiger partial charge < -0.3 is 14.4 Å². The molecule has 0 radical (unpaired) electrons. The molecule has 2 atom stereocenters. The Bertz CT molecular complexity index is 579. The zero-order valence-corrected chi connectivity index (χ0v) is 12.3. The van der Waals surface area contributed by atoms with Crippen LogP contribution in [0, 0.1) is 5.92 Å². The second-order valence-corrected chi connectivity index (χ2v) is 5.62. The Morgan fingerprint density at radius 2 is 2.24 bits per heavy atom. The molecule has 0 spiro atoms. The van der Waals surface area contributed by atoms with Crippen molar-refractivity contribution < 1.29 is 9.84 Å². The van der Waals surface area contributed by atoms with Gasteiger partial charge in [0.2, 0.25) is 5.88 Å². The minimum atomic E-state index is 0.282. The van der Waals surface area contributed by atoms with Gasteiger partial charge in [-0.3, -0.25) is 0 Å². The number of aliphatic hydroxyl groups excluding tert-OH is 1. The topological polar surface area (TPSA) is 60.2 Å². The highest BCUT2D eigenvalue weighted by atomic mass is 16.5. The lowest BCUT2D eigenvalue weighted by Gasteiger charge is -2.29. The molecule has 1 fully saturated rings. The molecule has 0 bridgehead atoms. The van der Waals surface area contributed by atoms with E-state index in [0.717, 1.165) is 37.1 Å². The zero-order valence-electron chi connectivity index (χ0n) is 12.3. The molecule has 112 valence electrons. The number of methoxy groups -OCH3 is 1. The van der Waals surface area contributed by atoms with Crippen LogP contribution >= 0.6 is 0 Å². The fourth-order valence-electron chi connectivity index (χ4n) is 3.15. The first-order valence-corrected chi connectivity index (χ1v) is 7.46. The molecule has 2 aromatic rings. The smallest absolute Gasteiger partial charge is 0.212 e. The predicted molar refractivity (Wildman–Crippen MR) is 80.1 cm³/mol. The second kappa shape index (κ2) is 6.26. The summed E-state index contributed by atoms with van der Waals surface area (Å²) in [6.07, 6.45) is 10.1. The molecule has 1 saturated carbocycles. The van der Waals surface area contributed by atoms with Crippen molar-refractivity contribution in [3.8, 4) is 17.3 Å². The summed E-state index contributed by atoms with van der Waals surface area (Å²) < 4.78 is 7.32. The van der Waals surface area contributed by atoms with E-state index in [4.69, 9.17) is 4.74 Å². The van der Waals surface area contributed by atoms with Crippen LogP contribution in [0.4, 0.5) is 0 Å². The highest BCUT2D eigenvalue weighted by Crippen LogP contribution is 2.34. The molecule has 21 heavy (non-hydrogen) atoms. The number of imidazole rings is 1. The number of hydrogen-bond donors (Lipinski definition) is 1. The van der Waals surface area contributed by atoms with Crippen LogP contribution in [0.2, 0.25) is 0 Å². The molecular formula is C16H21N3O2. The highest BCUT2D eigenvalue weighted by Gasteiger charge is 2.24. The monoisotopic (exact) mass is 287 g/mol. The van der Waals surface area contributed by atoms with E-state index in [1.807, 2.05) is 24.5 Å². The van der Waals surface area contributed by atoms with Crippen LogP contribution in [0.3, 0.4) is 0 Å². The Balaban J connectivity index is 1.85. The molecule has 2 heterocycles. The van der Waals surface area contributed by atoms with Gasteiger partial charge in [0, 0.05) is 42.9 Å². The third-order valence-electron chi connectivity index (χ3n) is 4.28. The second-order valence-electron chi connectivity index (χ2n) is 5.62. The number of hydrogen-bond acceptors (Lipinski definition) is 4. The van der Waals surface area contributed by atoms with Gasteiger partial charge in [0.25, 0.3) is 0 Å². The summed E-state index contributed by atoms with van der Waals surface area (Å²) in [6, 6.07) is 4.25. The third kappa shape index (κ3) is 2.93. The Morgan fingerprint density at radius 3 is 2.95 bits per heavy atom. The van der Waals surface area contributed by atoms with Crippen LogP contribution in [0.15, 0.2) is 30.7 Å². The zero-order chi connectivity index (χ0) is 14.7. The van der Waals surface area contributed by atoms with Gasteiger partial charge in [0.15, 0.2) is 0 Å². The predicted octanol–water partition coefficient (Wildman–Crippen LogP) is 2.68. The average molecular weight is 287 g/mol. The van der Waals surface area contributed by atoms with Crippen LogP contribution in [0.5, 0.6) is 5.88 Å². The van der Waals surface area contributed by atoms with Crippen molar-refractivity contribution in [3.63, 3.8) is 0 Å². The number of pyridine rings is 1. The maximum Gasteiger partial charge on any atom is 0.212 e. The number of aliphatic hydroxyl groups is 1. The summed E-state index contributed by atoms with van der Waals surface area (Å²) >= 11 is 0. The highest BCUT2D eigenvalue weighted by molar-refractivity contribution is 5.54. The van der Waals surface area contributed by atoms with E-state index in [1.54, 1.807) is 13.3 Å². The Hall–Kier alpha value is -1.88. The minimum Gasteiger partial charge on any atom is -0.481 e. The van der Waals surface area contributed by atoms with Crippen LogP contribution < -0.4 is 4.74 Å². The van der Waals surface area contributed by atoms with Gasteiger partial charge in [0.1, 0.15) is 5.82 Å². The molecule has 0 saturated heterocycles. The van der Waals surface area contributed by atoms with Gasteiger partial charge in [-0.15, -0.1) is 0 Å². The standard InChI is InChI=1S/C16H21N3O2/c1-21-15-6-5-13(10-18-15)16-17-7-8-19(16)14-4-2-3-12(9-14)11-20/h5-8,10,12,14,20H,2-4,9,11H2,1H3/t12-,14+/m0/s1. The molecular weight excluding hydrogens is 266 g/mol. The van der Waals surface area contributed by atoms with Gasteiger partial charge in [0.05, 0.1) is 7.11 Å². The van der Waals surface area contributed by atoms with Crippen molar-refractivity contribution >= 4 is 0 Å². The first-order chi connectivity index (χ1) is 10.3. The summed E-state index contributed by atoms with van der Waals surface area (Å²) in [5.74, 6) is 1.96. The maximum atomic E-state index is 9.40. The molecule has 0 aliphatic heterocycles. The van der Waals surface area contributed by atoms with Crippen molar-refractivity contribution in [2.45, 2.75) is 31.7 Å². The van der Waals surface area contributed by atoms with Gasteiger partial charge in [-0.25, -0.2) is 9.97 Å². The van der Waals surface area contributed by atoms with Crippen LogP contribution in [0.25, 0.3) is 11.4 Å². The molecule has 5 nitrogen and oxygen atoms in total. The molecule has 0 unspecified atom stereocenters. The largest absolute Gasteiger partial charge is 0.481 e. The number of rotatable bonds is 4. The minimum absolute atomic E-state index is 0.282. The normalized spacial score (nSPS) is 22.2. The lowest BCUT2D eigenvalue weighted by molar-refractivity contribution is 0.163. The van der Waals surface area contributed by atoms with Crippen molar-refractivity contribution in [2.24, 2.45) is 5.92 Å². The number of ether oxygens (including phenoxy) is 1. The lowest BCUT2D eigenvalue weighted by Crippen LogP contribution is -2.21. The lowest BCUT2D eigenvalue weighted by atomic mass is 9.86. The van der Waals surface area contributed by atoms with E-state index in [0.29, 0.717) is 17.8 Å². The van der Waals surface area contributed by atoms with Gasteiger partial charge in [-0.2, -0.15) is 0 Å². The van der Waals surface area contributed by atoms with Crippen molar-refractivity contribution in [3.05, 3.63) is 30.7 Å². The maximum absolute atomic E-state index is 9.40. The molecule has 1 aliphatic carbocycles. The SMILES string of the molecule is COc1ccc(-c2nccn2[C@@H]2CCC[C@H](CO)C2)cn1. The van der Waals surface area contributed by atoms with Gasteiger partial charge in [-0.05, 0) is 31.2 Å². The Labute approximate surface area is 124 Å². The average Bonchev–Trinajstić information content (AvgIpc) is 3.04. The van der Waals surface area contributed by atoms with Crippen LogP contribution in [-0.2, 0) is 0 Å². The van der Waals surface area contributed by atoms with Crippen molar-refractivity contribution in [2.75, 3.05) is 13.7 Å². The van der Waals surface area contributed by atoms with E-state index in [1.165, 1.54) is 0 Å². The molecule has 0 aromatic carbocycles. The molecule has 1 aliphatic rings. The Morgan fingerprint density at radius 1 is 1.33 bits per heavy atom. The van der Waals surface area contributed by atoms with Gasteiger partial charge >= 0.3 is 0 Å². The third-order valence-corrected chi connectivity index (χ3v) is 4.28. The van der Waals surface area contributed by atoms with Crippen molar-refractivity contribution in [1.29, 1.82) is 0 Å². The summed E-state index contributed by atoms with van der Waals surface area (Å²) in [5, 5.41) is 9.40.